The normalized spacial score (nSPS) is 27.9. The molecule has 0 saturated carbocycles. The lowest BCUT2D eigenvalue weighted by Crippen LogP contribution is -2.52. The first kappa shape index (κ1) is 22.6. The summed E-state index contributed by atoms with van der Waals surface area (Å²) >= 11 is 0. The number of hydrogen-bond acceptors (Lipinski definition) is 7. The van der Waals surface area contributed by atoms with Crippen LogP contribution in [-0.2, 0) is 25.8 Å². The van der Waals surface area contributed by atoms with Gasteiger partial charge in [-0.05, 0) is 94.5 Å². The molecular weight excluding hydrogens is 460 g/mol. The maximum atomic E-state index is 6.55. The minimum atomic E-state index is 0.213. The Balaban J connectivity index is 1.12. The number of rotatable bonds is 5. The number of piperazine rings is 1. The first-order valence-electron chi connectivity index (χ1n) is 14.9. The SMILES string of the molecule is c1cc2c(c(N3CCc4c(nc(OCC56CCCN5CCC6)nc4N4C[C@H]5CC[C@@H](C4)N5)C3)c1)CCC2. The first-order chi connectivity index (χ1) is 18.2. The van der Waals surface area contributed by atoms with Gasteiger partial charge in [-0.3, -0.25) is 4.90 Å². The number of nitrogens with one attached hydrogen (secondary N) is 1. The predicted octanol–water partition coefficient (Wildman–Crippen LogP) is 3.48. The molecule has 1 aliphatic carbocycles. The highest BCUT2D eigenvalue weighted by molar-refractivity contribution is 5.61. The third-order valence-corrected chi connectivity index (χ3v) is 10.3. The second-order valence-electron chi connectivity index (χ2n) is 12.4. The van der Waals surface area contributed by atoms with Crippen LogP contribution in [0.5, 0.6) is 6.01 Å². The van der Waals surface area contributed by atoms with E-state index < -0.39 is 0 Å². The van der Waals surface area contributed by atoms with E-state index in [9.17, 15) is 0 Å². The highest BCUT2D eigenvalue weighted by Gasteiger charge is 2.45. The summed E-state index contributed by atoms with van der Waals surface area (Å²) in [7, 11) is 0. The lowest BCUT2D eigenvalue weighted by molar-refractivity contribution is 0.107. The molecule has 196 valence electrons. The zero-order valence-electron chi connectivity index (χ0n) is 22.1. The van der Waals surface area contributed by atoms with Gasteiger partial charge in [0, 0.05) is 43.0 Å². The summed E-state index contributed by atoms with van der Waals surface area (Å²) in [5.74, 6) is 1.16. The van der Waals surface area contributed by atoms with Crippen molar-refractivity contribution >= 4 is 11.5 Å². The van der Waals surface area contributed by atoms with Crippen LogP contribution in [-0.4, -0.2) is 71.8 Å². The molecule has 8 rings (SSSR count). The summed E-state index contributed by atoms with van der Waals surface area (Å²) < 4.78 is 6.55. The van der Waals surface area contributed by atoms with E-state index in [4.69, 9.17) is 14.7 Å². The van der Waals surface area contributed by atoms with Gasteiger partial charge in [0.15, 0.2) is 0 Å². The standard InChI is InChI=1S/C30H40N6O/c1-5-21-6-2-8-27(24(21)7-1)34-16-11-25-26(19-34)32-29(37-20-30-12-3-14-36(30)15-4-13-30)33-28(25)35-17-22-9-10-23(18-35)31-22/h2,6,8,22-23,31H,1,3-5,7,9-20H2/t22-,23+. The van der Waals surface area contributed by atoms with Gasteiger partial charge in [-0.15, -0.1) is 0 Å². The average molecular weight is 501 g/mol. The number of aromatic nitrogens is 2. The number of nitrogens with zero attached hydrogens (tertiary/aromatic N) is 5. The van der Waals surface area contributed by atoms with Gasteiger partial charge in [0.25, 0.3) is 0 Å². The Hall–Kier alpha value is -2.38. The van der Waals surface area contributed by atoms with E-state index in [2.05, 4.69) is 38.2 Å². The van der Waals surface area contributed by atoms with E-state index in [0.717, 1.165) is 45.0 Å². The van der Waals surface area contributed by atoms with Crippen LogP contribution in [0.25, 0.3) is 0 Å². The Bertz CT molecular complexity index is 1180. The van der Waals surface area contributed by atoms with E-state index in [0.29, 0.717) is 18.1 Å². The number of aryl methyl sites for hydroxylation is 1. The van der Waals surface area contributed by atoms with E-state index in [1.807, 2.05) is 0 Å². The molecule has 0 unspecified atom stereocenters. The fourth-order valence-electron chi connectivity index (χ4n) is 8.45. The van der Waals surface area contributed by atoms with Gasteiger partial charge in [-0.25, -0.2) is 0 Å². The topological polar surface area (TPSA) is 56.8 Å². The van der Waals surface area contributed by atoms with Gasteiger partial charge in [-0.1, -0.05) is 12.1 Å². The average Bonchev–Trinajstić information content (AvgIpc) is 3.70. The van der Waals surface area contributed by atoms with Crippen LogP contribution in [0.4, 0.5) is 11.5 Å². The zero-order valence-corrected chi connectivity index (χ0v) is 22.1. The highest BCUT2D eigenvalue weighted by Crippen LogP contribution is 2.40. The van der Waals surface area contributed by atoms with E-state index in [-0.39, 0.29) is 5.54 Å². The predicted molar refractivity (Wildman–Crippen MR) is 146 cm³/mol. The van der Waals surface area contributed by atoms with Crippen LogP contribution in [0.1, 0.15) is 67.3 Å². The van der Waals surface area contributed by atoms with Crippen LogP contribution < -0.4 is 19.9 Å². The van der Waals surface area contributed by atoms with Crippen LogP contribution in [0, 0.1) is 0 Å². The summed E-state index contributed by atoms with van der Waals surface area (Å²) in [6.45, 7) is 7.16. The quantitative estimate of drug-likeness (QED) is 0.675. The van der Waals surface area contributed by atoms with Crippen molar-refractivity contribution in [2.75, 3.05) is 49.1 Å². The van der Waals surface area contributed by atoms with E-state index in [1.54, 1.807) is 11.1 Å². The molecule has 1 N–H and O–H groups in total. The van der Waals surface area contributed by atoms with Crippen molar-refractivity contribution in [2.24, 2.45) is 0 Å². The molecule has 1 aromatic carbocycles. The van der Waals surface area contributed by atoms with Crippen LogP contribution >= 0.6 is 0 Å². The number of ether oxygens (including phenoxy) is 1. The van der Waals surface area contributed by atoms with Crippen molar-refractivity contribution < 1.29 is 4.74 Å². The van der Waals surface area contributed by atoms with Crippen molar-refractivity contribution in [3.05, 3.63) is 40.6 Å². The van der Waals surface area contributed by atoms with Gasteiger partial charge in [0.05, 0.1) is 17.8 Å². The third-order valence-electron chi connectivity index (χ3n) is 10.3. The van der Waals surface area contributed by atoms with E-state index in [1.165, 1.54) is 87.8 Å². The van der Waals surface area contributed by atoms with Crippen molar-refractivity contribution in [1.82, 2.24) is 20.2 Å². The summed E-state index contributed by atoms with van der Waals surface area (Å²) in [5.41, 5.74) is 7.29. The number of benzene rings is 1. The molecule has 0 spiro atoms. The monoisotopic (exact) mass is 500 g/mol. The molecule has 6 heterocycles. The Morgan fingerprint density at radius 2 is 1.73 bits per heavy atom. The summed E-state index contributed by atoms with van der Waals surface area (Å²) in [4.78, 5) is 18.1. The summed E-state index contributed by atoms with van der Waals surface area (Å²) in [6, 6.07) is 8.68. The summed E-state index contributed by atoms with van der Waals surface area (Å²) in [6.07, 6.45) is 12.4. The van der Waals surface area contributed by atoms with Gasteiger partial charge >= 0.3 is 6.01 Å². The lowest BCUT2D eigenvalue weighted by Gasteiger charge is -2.38. The molecule has 6 aliphatic rings. The van der Waals surface area contributed by atoms with Gasteiger partial charge in [-0.2, -0.15) is 9.97 Å². The molecule has 2 atom stereocenters. The molecule has 37 heavy (non-hydrogen) atoms. The number of hydrogen-bond donors (Lipinski definition) is 1. The number of fused-ring (bicyclic) bond motifs is 5. The highest BCUT2D eigenvalue weighted by atomic mass is 16.5. The van der Waals surface area contributed by atoms with Gasteiger partial charge in [0.2, 0.25) is 0 Å². The van der Waals surface area contributed by atoms with Crippen molar-refractivity contribution in [2.45, 2.75) is 88.4 Å². The molecule has 4 saturated heterocycles. The number of anilines is 2. The van der Waals surface area contributed by atoms with Crippen molar-refractivity contribution in [3.63, 3.8) is 0 Å². The van der Waals surface area contributed by atoms with Gasteiger partial charge in [0.1, 0.15) is 12.4 Å². The van der Waals surface area contributed by atoms with Crippen LogP contribution in [0.15, 0.2) is 18.2 Å². The van der Waals surface area contributed by atoms with Crippen molar-refractivity contribution in [3.8, 4) is 6.01 Å². The molecule has 2 bridgehead atoms. The molecule has 2 aromatic rings. The van der Waals surface area contributed by atoms with E-state index >= 15 is 0 Å². The molecule has 0 amide bonds. The smallest absolute Gasteiger partial charge is 0.318 e. The Labute approximate surface area is 220 Å². The second kappa shape index (κ2) is 8.84. The maximum Gasteiger partial charge on any atom is 0.318 e. The molecule has 7 nitrogen and oxygen atoms in total. The second-order valence-corrected chi connectivity index (χ2v) is 12.4. The Kier molecular flexibility index (Phi) is 5.40. The fraction of sp³-hybridized carbons (Fsp3) is 0.667. The minimum absolute atomic E-state index is 0.213. The molecule has 0 radical (unpaired) electrons. The third kappa shape index (κ3) is 3.84. The fourth-order valence-corrected chi connectivity index (χ4v) is 8.45. The maximum absolute atomic E-state index is 6.55. The Morgan fingerprint density at radius 1 is 0.892 bits per heavy atom. The molecular formula is C30H40N6O. The minimum Gasteiger partial charge on any atom is -0.461 e. The summed E-state index contributed by atoms with van der Waals surface area (Å²) in [5, 5.41) is 3.79. The molecule has 5 aliphatic heterocycles. The van der Waals surface area contributed by atoms with Crippen LogP contribution in [0.3, 0.4) is 0 Å². The zero-order chi connectivity index (χ0) is 24.4. The largest absolute Gasteiger partial charge is 0.461 e. The van der Waals surface area contributed by atoms with Gasteiger partial charge < -0.3 is 19.9 Å². The van der Waals surface area contributed by atoms with Crippen molar-refractivity contribution in [1.29, 1.82) is 0 Å². The Morgan fingerprint density at radius 3 is 2.57 bits per heavy atom. The first-order valence-corrected chi connectivity index (χ1v) is 14.9. The molecule has 1 aromatic heterocycles. The molecule has 7 heteroatoms. The molecule has 4 fully saturated rings. The van der Waals surface area contributed by atoms with Crippen LogP contribution in [0.2, 0.25) is 0 Å². The lowest BCUT2D eigenvalue weighted by atomic mass is 9.95.